The van der Waals surface area contributed by atoms with Gasteiger partial charge in [0.05, 0.1) is 13.2 Å². The number of carbonyl (C=O) groups is 4. The Kier molecular flexibility index (Phi) is 11.2. The van der Waals surface area contributed by atoms with Crippen LogP contribution in [-0.4, -0.2) is 85.7 Å². The van der Waals surface area contributed by atoms with E-state index in [0.29, 0.717) is 55.5 Å². The molecule has 4 rings (SSSR count). The smallest absolute Gasteiger partial charge is 0.415 e. The van der Waals surface area contributed by atoms with Gasteiger partial charge in [0.2, 0.25) is 5.91 Å². The van der Waals surface area contributed by atoms with E-state index in [1.165, 1.54) is 0 Å². The lowest BCUT2D eigenvalue weighted by Crippen LogP contribution is -2.46. The van der Waals surface area contributed by atoms with E-state index >= 15 is 0 Å². The second kappa shape index (κ2) is 15.2. The van der Waals surface area contributed by atoms with Crippen LogP contribution in [0.3, 0.4) is 0 Å². The van der Waals surface area contributed by atoms with Crippen molar-refractivity contribution < 1.29 is 33.4 Å². The molecule has 2 aliphatic rings. The number of hydrogen-bond acceptors (Lipinski definition) is 7. The van der Waals surface area contributed by atoms with Crippen LogP contribution in [0.4, 0.5) is 10.5 Å². The first kappa shape index (κ1) is 30.8. The summed E-state index contributed by atoms with van der Waals surface area (Å²) in [4.78, 5) is 54.4. The molecule has 0 saturated carbocycles. The molecule has 2 aromatic carbocycles. The number of nitrogens with zero attached hydrogens (tertiary/aromatic N) is 2. The van der Waals surface area contributed by atoms with Gasteiger partial charge in [0.1, 0.15) is 17.5 Å². The topological polar surface area (TPSA) is 127 Å². The van der Waals surface area contributed by atoms with Crippen molar-refractivity contribution in [1.82, 2.24) is 15.1 Å². The second-order valence-electron chi connectivity index (χ2n) is 10.9. The molecular weight excluding hydrogens is 540 g/mol. The highest BCUT2D eigenvalue weighted by atomic mass is 16.6. The molecule has 2 heterocycles. The van der Waals surface area contributed by atoms with Crippen molar-refractivity contribution in [1.29, 1.82) is 0 Å². The molecule has 0 spiro atoms. The summed E-state index contributed by atoms with van der Waals surface area (Å²) in [5, 5.41) is 5.57. The number of amides is 4. The number of nitrogens with one attached hydrogen (secondary N) is 2. The highest BCUT2D eigenvalue weighted by molar-refractivity contribution is 5.97. The van der Waals surface area contributed by atoms with Gasteiger partial charge in [-0.1, -0.05) is 19.9 Å². The van der Waals surface area contributed by atoms with Crippen molar-refractivity contribution in [2.75, 3.05) is 51.3 Å². The molecule has 0 aromatic heterocycles. The van der Waals surface area contributed by atoms with Gasteiger partial charge in [-0.25, -0.2) is 4.79 Å². The Hall–Kier alpha value is -4.12. The molecule has 2 fully saturated rings. The van der Waals surface area contributed by atoms with Gasteiger partial charge in [0, 0.05) is 43.5 Å². The molecule has 2 N–H and O–H groups in total. The van der Waals surface area contributed by atoms with Gasteiger partial charge in [0.25, 0.3) is 11.8 Å². The number of rotatable bonds is 10. The minimum absolute atomic E-state index is 0.00216. The number of morpholine rings is 1. The van der Waals surface area contributed by atoms with Crippen molar-refractivity contribution in [2.24, 2.45) is 5.92 Å². The van der Waals surface area contributed by atoms with Crippen molar-refractivity contribution in [2.45, 2.75) is 45.6 Å². The lowest BCUT2D eigenvalue weighted by Gasteiger charge is -2.26. The van der Waals surface area contributed by atoms with Gasteiger partial charge in [-0.3, -0.25) is 14.4 Å². The van der Waals surface area contributed by atoms with E-state index in [1.54, 1.807) is 53.4 Å². The summed E-state index contributed by atoms with van der Waals surface area (Å²) in [6.45, 7) is 7.03. The molecule has 1 atom stereocenters. The highest BCUT2D eigenvalue weighted by Gasteiger charge is 2.24. The maximum atomic E-state index is 13.1. The molecule has 11 heteroatoms. The average Bonchev–Trinajstić information content (AvgIpc) is 3.00. The SMILES string of the molecule is CC(C)C[C@H](NC(=O)COc1ccc(C(=O)N2CCCCC2)cc1)C(=O)Nc1cccc(OC(=O)N2CCOCC2)c1. The van der Waals surface area contributed by atoms with Crippen molar-refractivity contribution >= 4 is 29.5 Å². The Labute approximate surface area is 246 Å². The van der Waals surface area contributed by atoms with E-state index < -0.39 is 23.9 Å². The zero-order valence-corrected chi connectivity index (χ0v) is 24.3. The van der Waals surface area contributed by atoms with Crippen LogP contribution in [0, 0.1) is 5.92 Å². The number of ether oxygens (including phenoxy) is 3. The lowest BCUT2D eigenvalue weighted by atomic mass is 10.0. The molecular formula is C31H40N4O7. The average molecular weight is 581 g/mol. The van der Waals surface area contributed by atoms with Crippen LogP contribution in [0.5, 0.6) is 11.5 Å². The molecule has 0 radical (unpaired) electrons. The molecule has 0 aliphatic carbocycles. The molecule has 0 unspecified atom stereocenters. The molecule has 2 aromatic rings. The number of likely N-dealkylation sites (tertiary alicyclic amines) is 1. The molecule has 226 valence electrons. The first-order valence-electron chi connectivity index (χ1n) is 14.6. The third-order valence-corrected chi connectivity index (χ3v) is 7.05. The fourth-order valence-corrected chi connectivity index (χ4v) is 4.84. The van der Waals surface area contributed by atoms with Crippen LogP contribution in [0.2, 0.25) is 0 Å². The Morgan fingerprint density at radius 1 is 0.881 bits per heavy atom. The number of piperidine rings is 1. The maximum absolute atomic E-state index is 13.1. The van der Waals surface area contributed by atoms with Gasteiger partial charge in [0.15, 0.2) is 6.61 Å². The van der Waals surface area contributed by atoms with E-state index in [9.17, 15) is 19.2 Å². The Balaban J connectivity index is 1.28. The monoisotopic (exact) mass is 580 g/mol. The van der Waals surface area contributed by atoms with Crippen LogP contribution in [0.1, 0.15) is 49.9 Å². The quantitative estimate of drug-likeness (QED) is 0.439. The number of anilines is 1. The van der Waals surface area contributed by atoms with Crippen molar-refractivity contribution in [3.8, 4) is 11.5 Å². The Morgan fingerprint density at radius 2 is 1.60 bits per heavy atom. The van der Waals surface area contributed by atoms with Crippen molar-refractivity contribution in [3.05, 3.63) is 54.1 Å². The summed E-state index contributed by atoms with van der Waals surface area (Å²) in [5.41, 5.74) is 1.02. The van der Waals surface area contributed by atoms with Crippen LogP contribution in [-0.2, 0) is 14.3 Å². The predicted molar refractivity (Wildman–Crippen MR) is 157 cm³/mol. The first-order chi connectivity index (χ1) is 20.3. The van der Waals surface area contributed by atoms with E-state index in [4.69, 9.17) is 14.2 Å². The van der Waals surface area contributed by atoms with Crippen LogP contribution < -0.4 is 20.1 Å². The van der Waals surface area contributed by atoms with Gasteiger partial charge in [-0.2, -0.15) is 0 Å². The molecule has 0 bridgehead atoms. The predicted octanol–water partition coefficient (Wildman–Crippen LogP) is 3.69. The summed E-state index contributed by atoms with van der Waals surface area (Å²) in [6, 6.07) is 12.5. The molecule has 11 nitrogen and oxygen atoms in total. The zero-order chi connectivity index (χ0) is 29.9. The third kappa shape index (κ3) is 9.20. The van der Waals surface area contributed by atoms with Crippen LogP contribution in [0.15, 0.2) is 48.5 Å². The van der Waals surface area contributed by atoms with E-state index in [1.807, 2.05) is 18.7 Å². The van der Waals surface area contributed by atoms with E-state index in [2.05, 4.69) is 10.6 Å². The Bertz CT molecular complexity index is 1220. The van der Waals surface area contributed by atoms with Crippen LogP contribution >= 0.6 is 0 Å². The summed E-state index contributed by atoms with van der Waals surface area (Å²) < 4.78 is 16.4. The lowest BCUT2D eigenvalue weighted by molar-refractivity contribution is -0.128. The Morgan fingerprint density at radius 3 is 2.29 bits per heavy atom. The standard InChI is InChI=1S/C31H40N4O7/c1-22(2)19-27(29(37)32-24-7-6-8-26(20-24)42-31(39)35-15-17-40-18-16-35)33-28(36)21-41-25-11-9-23(10-12-25)30(38)34-13-4-3-5-14-34/h6-12,20,22,27H,3-5,13-19,21H2,1-2H3,(H,32,37)(H,33,36)/t27-/m0/s1. The minimum atomic E-state index is -0.801. The van der Waals surface area contributed by atoms with E-state index in [0.717, 1.165) is 32.4 Å². The zero-order valence-electron chi connectivity index (χ0n) is 24.3. The number of benzene rings is 2. The van der Waals surface area contributed by atoms with Gasteiger partial charge >= 0.3 is 6.09 Å². The fraction of sp³-hybridized carbons (Fsp3) is 0.484. The maximum Gasteiger partial charge on any atom is 0.415 e. The summed E-state index contributed by atoms with van der Waals surface area (Å²) >= 11 is 0. The molecule has 42 heavy (non-hydrogen) atoms. The molecule has 2 aliphatic heterocycles. The third-order valence-electron chi connectivity index (χ3n) is 7.05. The largest absolute Gasteiger partial charge is 0.484 e. The molecule has 2 saturated heterocycles. The van der Waals surface area contributed by atoms with Gasteiger partial charge in [-0.15, -0.1) is 0 Å². The highest BCUT2D eigenvalue weighted by Crippen LogP contribution is 2.20. The van der Waals surface area contributed by atoms with E-state index in [-0.39, 0.29) is 18.4 Å². The number of hydrogen-bond donors (Lipinski definition) is 2. The van der Waals surface area contributed by atoms with Crippen LogP contribution in [0.25, 0.3) is 0 Å². The van der Waals surface area contributed by atoms with Gasteiger partial charge < -0.3 is 34.6 Å². The second-order valence-corrected chi connectivity index (χ2v) is 10.9. The summed E-state index contributed by atoms with van der Waals surface area (Å²) in [5.74, 6) is 0.0428. The van der Waals surface area contributed by atoms with Crippen molar-refractivity contribution in [3.63, 3.8) is 0 Å². The normalized spacial score (nSPS) is 16.0. The molecule has 4 amide bonds. The fourth-order valence-electron chi connectivity index (χ4n) is 4.84. The number of carbonyl (C=O) groups excluding carboxylic acids is 4. The summed E-state index contributed by atoms with van der Waals surface area (Å²) in [6.07, 6.45) is 3.13. The summed E-state index contributed by atoms with van der Waals surface area (Å²) in [7, 11) is 0. The minimum Gasteiger partial charge on any atom is -0.484 e. The first-order valence-corrected chi connectivity index (χ1v) is 14.6. The van der Waals surface area contributed by atoms with Gasteiger partial charge in [-0.05, 0) is 68.0 Å².